The third kappa shape index (κ3) is 2.54. The lowest BCUT2D eigenvalue weighted by Gasteiger charge is -2.12. The van der Waals surface area contributed by atoms with Crippen molar-refractivity contribution in [3.05, 3.63) is 28.2 Å². The summed E-state index contributed by atoms with van der Waals surface area (Å²) in [6, 6.07) is 5.08. The number of hydrogen-bond acceptors (Lipinski definition) is 3. The van der Waals surface area contributed by atoms with Gasteiger partial charge in [-0.2, -0.15) is 0 Å². The average Bonchev–Trinajstić information content (AvgIpc) is 2.64. The predicted molar refractivity (Wildman–Crippen MR) is 72.2 cm³/mol. The van der Waals surface area contributed by atoms with E-state index >= 15 is 0 Å². The molecule has 0 bridgehead atoms. The average molecular weight is 312 g/mol. The number of benzene rings is 1. The molecule has 96 valence electrons. The minimum atomic E-state index is -0.488. The van der Waals surface area contributed by atoms with Gasteiger partial charge in [0.15, 0.2) is 0 Å². The van der Waals surface area contributed by atoms with E-state index in [1.165, 1.54) is 0 Å². The van der Waals surface area contributed by atoms with E-state index in [1.807, 2.05) is 25.1 Å². The molecule has 2 amide bonds. The first-order valence-electron chi connectivity index (χ1n) is 5.73. The number of hydrogen-bond donors (Lipinski definition) is 3. The summed E-state index contributed by atoms with van der Waals surface area (Å²) in [7, 11) is 0. The van der Waals surface area contributed by atoms with Crippen LogP contribution in [0, 0.1) is 0 Å². The number of carbonyl (C=O) groups is 2. The van der Waals surface area contributed by atoms with Crippen LogP contribution in [0.1, 0.15) is 18.5 Å². The van der Waals surface area contributed by atoms with Crippen molar-refractivity contribution in [3.63, 3.8) is 0 Å². The predicted octanol–water partition coefficient (Wildman–Crippen LogP) is 1.17. The van der Waals surface area contributed by atoms with Crippen molar-refractivity contribution in [1.29, 1.82) is 0 Å². The SMILES string of the molecule is CCNC(=O)CNC1C(=O)Nc2cccc(Br)c21. The van der Waals surface area contributed by atoms with E-state index < -0.39 is 6.04 Å². The number of likely N-dealkylation sites (N-methyl/N-ethyl adjacent to an activating group) is 1. The van der Waals surface area contributed by atoms with Gasteiger partial charge in [0, 0.05) is 22.3 Å². The summed E-state index contributed by atoms with van der Waals surface area (Å²) in [6.07, 6.45) is 0. The minimum Gasteiger partial charge on any atom is -0.355 e. The second kappa shape index (κ2) is 5.49. The van der Waals surface area contributed by atoms with Gasteiger partial charge in [-0.25, -0.2) is 0 Å². The summed E-state index contributed by atoms with van der Waals surface area (Å²) in [5.74, 6) is -0.257. The summed E-state index contributed by atoms with van der Waals surface area (Å²) in [5.41, 5.74) is 1.63. The maximum Gasteiger partial charge on any atom is 0.246 e. The van der Waals surface area contributed by atoms with Crippen molar-refractivity contribution in [3.8, 4) is 0 Å². The molecule has 3 N–H and O–H groups in total. The maximum absolute atomic E-state index is 11.8. The van der Waals surface area contributed by atoms with Gasteiger partial charge in [0.2, 0.25) is 11.8 Å². The molecular formula is C12H14BrN3O2. The molecule has 1 aliphatic heterocycles. The van der Waals surface area contributed by atoms with E-state index in [9.17, 15) is 9.59 Å². The molecule has 5 nitrogen and oxygen atoms in total. The van der Waals surface area contributed by atoms with Crippen molar-refractivity contribution in [2.75, 3.05) is 18.4 Å². The molecule has 0 fully saturated rings. The maximum atomic E-state index is 11.8. The zero-order valence-electron chi connectivity index (χ0n) is 9.92. The number of rotatable bonds is 4. The Bertz CT molecular complexity index is 490. The zero-order valence-corrected chi connectivity index (χ0v) is 11.5. The van der Waals surface area contributed by atoms with Gasteiger partial charge in [0.05, 0.1) is 6.54 Å². The number of amides is 2. The second-order valence-corrected chi connectivity index (χ2v) is 4.81. The van der Waals surface area contributed by atoms with E-state index in [0.717, 1.165) is 15.7 Å². The minimum absolute atomic E-state index is 0.118. The highest BCUT2D eigenvalue weighted by atomic mass is 79.9. The molecule has 18 heavy (non-hydrogen) atoms. The molecule has 0 spiro atoms. The van der Waals surface area contributed by atoms with Gasteiger partial charge in [-0.05, 0) is 19.1 Å². The van der Waals surface area contributed by atoms with Crippen molar-refractivity contribution in [1.82, 2.24) is 10.6 Å². The summed E-state index contributed by atoms with van der Waals surface area (Å²) >= 11 is 3.42. The monoisotopic (exact) mass is 311 g/mol. The fourth-order valence-electron chi connectivity index (χ4n) is 1.92. The van der Waals surface area contributed by atoms with Crippen LogP contribution >= 0.6 is 15.9 Å². The molecule has 0 saturated heterocycles. The first kappa shape index (κ1) is 13.0. The Balaban J connectivity index is 2.11. The Morgan fingerprint density at radius 3 is 3.00 bits per heavy atom. The summed E-state index contributed by atoms with van der Waals surface area (Å²) in [6.45, 7) is 2.55. The number of halogens is 1. The van der Waals surface area contributed by atoms with Crippen molar-refractivity contribution < 1.29 is 9.59 Å². The molecule has 2 rings (SSSR count). The Kier molecular flexibility index (Phi) is 3.98. The molecule has 6 heteroatoms. The van der Waals surface area contributed by atoms with Gasteiger partial charge < -0.3 is 10.6 Å². The van der Waals surface area contributed by atoms with Crippen LogP contribution in [-0.4, -0.2) is 24.9 Å². The molecule has 0 radical (unpaired) electrons. The van der Waals surface area contributed by atoms with Gasteiger partial charge in [-0.15, -0.1) is 0 Å². The molecule has 0 aromatic heterocycles. The lowest BCUT2D eigenvalue weighted by atomic mass is 10.1. The normalized spacial score (nSPS) is 17.2. The molecule has 0 aliphatic carbocycles. The molecule has 1 unspecified atom stereocenters. The van der Waals surface area contributed by atoms with Crippen LogP contribution in [0.25, 0.3) is 0 Å². The van der Waals surface area contributed by atoms with Crippen molar-refractivity contribution >= 4 is 33.4 Å². The molecule has 0 saturated carbocycles. The van der Waals surface area contributed by atoms with Gasteiger partial charge in [-0.3, -0.25) is 14.9 Å². The van der Waals surface area contributed by atoms with Crippen LogP contribution in [0.2, 0.25) is 0 Å². The molecule has 1 aromatic rings. The second-order valence-electron chi connectivity index (χ2n) is 3.96. The van der Waals surface area contributed by atoms with Gasteiger partial charge in [-0.1, -0.05) is 22.0 Å². The summed E-state index contributed by atoms with van der Waals surface area (Å²) < 4.78 is 0.853. The molecular weight excluding hydrogens is 298 g/mol. The van der Waals surface area contributed by atoms with Crippen LogP contribution in [0.15, 0.2) is 22.7 Å². The van der Waals surface area contributed by atoms with Crippen molar-refractivity contribution in [2.24, 2.45) is 0 Å². The number of fused-ring (bicyclic) bond motifs is 1. The first-order chi connectivity index (χ1) is 8.63. The quantitative estimate of drug-likeness (QED) is 0.781. The van der Waals surface area contributed by atoms with Gasteiger partial charge in [0.25, 0.3) is 0 Å². The Hall–Kier alpha value is -1.40. The van der Waals surface area contributed by atoms with Crippen LogP contribution in [-0.2, 0) is 9.59 Å². The highest BCUT2D eigenvalue weighted by molar-refractivity contribution is 9.10. The highest BCUT2D eigenvalue weighted by Crippen LogP contribution is 2.36. The van der Waals surface area contributed by atoms with Crippen LogP contribution in [0.5, 0.6) is 0 Å². The van der Waals surface area contributed by atoms with Crippen molar-refractivity contribution in [2.45, 2.75) is 13.0 Å². The van der Waals surface area contributed by atoms with Crippen LogP contribution in [0.4, 0.5) is 5.69 Å². The van der Waals surface area contributed by atoms with Gasteiger partial charge >= 0.3 is 0 Å². The summed E-state index contributed by atoms with van der Waals surface area (Å²) in [5, 5.41) is 8.42. The molecule has 1 heterocycles. The lowest BCUT2D eigenvalue weighted by molar-refractivity contribution is -0.121. The largest absolute Gasteiger partial charge is 0.355 e. The first-order valence-corrected chi connectivity index (χ1v) is 6.52. The Labute approximate surface area is 113 Å². The highest BCUT2D eigenvalue weighted by Gasteiger charge is 2.32. The summed E-state index contributed by atoms with van der Waals surface area (Å²) in [4.78, 5) is 23.2. The Morgan fingerprint density at radius 2 is 2.28 bits per heavy atom. The van der Waals surface area contributed by atoms with E-state index in [2.05, 4.69) is 31.9 Å². The van der Waals surface area contributed by atoms with E-state index in [1.54, 1.807) is 0 Å². The molecule has 1 aromatic carbocycles. The number of anilines is 1. The molecule has 1 aliphatic rings. The van der Waals surface area contributed by atoms with E-state index in [-0.39, 0.29) is 18.4 Å². The van der Waals surface area contributed by atoms with E-state index in [0.29, 0.717) is 6.54 Å². The number of carbonyl (C=O) groups excluding carboxylic acids is 2. The number of nitrogens with one attached hydrogen (secondary N) is 3. The molecule has 1 atom stereocenters. The van der Waals surface area contributed by atoms with Crippen LogP contribution in [0.3, 0.4) is 0 Å². The zero-order chi connectivity index (χ0) is 13.1. The van der Waals surface area contributed by atoms with Crippen LogP contribution < -0.4 is 16.0 Å². The van der Waals surface area contributed by atoms with Gasteiger partial charge in [0.1, 0.15) is 6.04 Å². The Morgan fingerprint density at radius 1 is 1.50 bits per heavy atom. The van der Waals surface area contributed by atoms with E-state index in [4.69, 9.17) is 0 Å². The lowest BCUT2D eigenvalue weighted by Crippen LogP contribution is -2.37. The smallest absolute Gasteiger partial charge is 0.246 e. The third-order valence-corrected chi connectivity index (χ3v) is 3.39. The topological polar surface area (TPSA) is 70.2 Å². The third-order valence-electron chi connectivity index (χ3n) is 2.70. The fraction of sp³-hybridized carbons (Fsp3) is 0.333. The standard InChI is InChI=1S/C12H14BrN3O2/c1-2-14-9(17)6-15-11-10-7(13)4-3-5-8(10)16-12(11)18/h3-5,11,15H,2,6H2,1H3,(H,14,17)(H,16,18). The fourth-order valence-corrected chi connectivity index (χ4v) is 2.52.